The molecule has 1 unspecified atom stereocenters. The van der Waals surface area contributed by atoms with Crippen LogP contribution in [0.25, 0.3) is 0 Å². The molecule has 124 valence electrons. The molecule has 0 saturated heterocycles. The lowest BCUT2D eigenvalue weighted by Gasteiger charge is -2.17. The number of hydrogen-bond acceptors (Lipinski definition) is 4. The molecule has 1 heterocycles. The molecule has 1 aromatic carbocycles. The van der Waals surface area contributed by atoms with E-state index in [2.05, 4.69) is 45.2 Å². The van der Waals surface area contributed by atoms with E-state index in [1.54, 1.807) is 0 Å². The summed E-state index contributed by atoms with van der Waals surface area (Å²) < 4.78 is 6.18. The van der Waals surface area contributed by atoms with E-state index in [4.69, 9.17) is 4.52 Å². The first-order valence-electron chi connectivity index (χ1n) is 7.98. The molecule has 0 aliphatic rings. The Bertz CT molecular complexity index is 625. The highest BCUT2D eigenvalue weighted by atomic mass is 79.9. The number of carbonyl (C=O) groups is 1. The van der Waals surface area contributed by atoms with Gasteiger partial charge in [0.05, 0.1) is 6.04 Å². The molecule has 23 heavy (non-hydrogen) atoms. The van der Waals surface area contributed by atoms with Crippen LogP contribution in [-0.2, 0) is 17.6 Å². The summed E-state index contributed by atoms with van der Waals surface area (Å²) in [6.07, 6.45) is 3.44. The van der Waals surface area contributed by atoms with Crippen molar-refractivity contribution < 1.29 is 9.32 Å². The summed E-state index contributed by atoms with van der Waals surface area (Å²) in [4.78, 5) is 16.4. The summed E-state index contributed by atoms with van der Waals surface area (Å²) in [5.74, 6) is 1.24. The number of hydrogen-bond donors (Lipinski definition) is 1. The first-order valence-corrected chi connectivity index (χ1v) is 8.78. The molecule has 0 bridgehead atoms. The number of halogens is 1. The molecule has 1 N–H and O–H groups in total. The average molecular weight is 380 g/mol. The molecule has 0 radical (unpaired) electrons. The lowest BCUT2D eigenvalue weighted by atomic mass is 10.0. The molecule has 1 aromatic heterocycles. The number of rotatable bonds is 8. The number of benzene rings is 1. The van der Waals surface area contributed by atoms with Gasteiger partial charge in [0.25, 0.3) is 0 Å². The molecule has 1 amide bonds. The molecule has 0 aliphatic carbocycles. The van der Waals surface area contributed by atoms with Gasteiger partial charge in [-0.05, 0) is 30.5 Å². The van der Waals surface area contributed by atoms with E-state index in [0.29, 0.717) is 24.6 Å². The Balaban J connectivity index is 1.85. The third kappa shape index (κ3) is 5.46. The largest absolute Gasteiger partial charge is 0.349 e. The number of aryl methyl sites for hydroxylation is 2. The lowest BCUT2D eigenvalue weighted by Crippen LogP contribution is -2.28. The number of aromatic nitrogens is 2. The third-order valence-corrected chi connectivity index (χ3v) is 4.09. The molecule has 1 atom stereocenters. The van der Waals surface area contributed by atoms with Gasteiger partial charge >= 0.3 is 0 Å². The van der Waals surface area contributed by atoms with Gasteiger partial charge in [0, 0.05) is 23.7 Å². The molecule has 2 aromatic rings. The van der Waals surface area contributed by atoms with Crippen molar-refractivity contribution in [2.24, 2.45) is 0 Å². The SMILES string of the molecule is CCCc1noc(CCC(=O)NC(CC)c2ccc(Br)cc2)n1. The normalized spacial score (nSPS) is 12.1. The van der Waals surface area contributed by atoms with Crippen LogP contribution < -0.4 is 5.32 Å². The quantitative estimate of drug-likeness (QED) is 0.752. The number of nitrogens with one attached hydrogen (secondary N) is 1. The zero-order valence-electron chi connectivity index (χ0n) is 13.5. The Morgan fingerprint density at radius 1 is 1.26 bits per heavy atom. The van der Waals surface area contributed by atoms with Gasteiger partial charge in [0.15, 0.2) is 5.82 Å². The van der Waals surface area contributed by atoms with Crippen LogP contribution >= 0.6 is 15.9 Å². The van der Waals surface area contributed by atoms with Crippen molar-refractivity contribution in [3.05, 3.63) is 46.0 Å². The van der Waals surface area contributed by atoms with Crippen molar-refractivity contribution in [3.8, 4) is 0 Å². The minimum absolute atomic E-state index is 0.00462. The van der Waals surface area contributed by atoms with E-state index in [1.807, 2.05) is 24.3 Å². The Morgan fingerprint density at radius 2 is 2.00 bits per heavy atom. The van der Waals surface area contributed by atoms with Gasteiger partial charge in [0.2, 0.25) is 11.8 Å². The highest BCUT2D eigenvalue weighted by molar-refractivity contribution is 9.10. The first kappa shape index (κ1) is 17.7. The molecular formula is C17H22BrN3O2. The summed E-state index contributed by atoms with van der Waals surface area (Å²) in [5, 5.41) is 6.96. The maximum atomic E-state index is 12.1. The van der Waals surface area contributed by atoms with Crippen molar-refractivity contribution in [2.75, 3.05) is 0 Å². The van der Waals surface area contributed by atoms with Crippen LogP contribution in [0.1, 0.15) is 56.4 Å². The fraction of sp³-hybridized carbons (Fsp3) is 0.471. The molecule has 5 nitrogen and oxygen atoms in total. The maximum absolute atomic E-state index is 12.1. The topological polar surface area (TPSA) is 68.0 Å². The van der Waals surface area contributed by atoms with Crippen LogP contribution in [0, 0.1) is 0 Å². The average Bonchev–Trinajstić information content (AvgIpc) is 3.00. The lowest BCUT2D eigenvalue weighted by molar-refractivity contribution is -0.121. The van der Waals surface area contributed by atoms with Crippen LogP contribution in [0.5, 0.6) is 0 Å². The second-order valence-corrected chi connectivity index (χ2v) is 6.35. The Hall–Kier alpha value is -1.69. The van der Waals surface area contributed by atoms with Crippen molar-refractivity contribution in [1.82, 2.24) is 15.5 Å². The van der Waals surface area contributed by atoms with Crippen molar-refractivity contribution >= 4 is 21.8 Å². The van der Waals surface area contributed by atoms with E-state index in [9.17, 15) is 4.79 Å². The molecule has 0 spiro atoms. The van der Waals surface area contributed by atoms with E-state index >= 15 is 0 Å². The Morgan fingerprint density at radius 3 is 2.65 bits per heavy atom. The second-order valence-electron chi connectivity index (χ2n) is 5.43. The molecule has 0 saturated carbocycles. The van der Waals surface area contributed by atoms with Crippen LogP contribution in [0.3, 0.4) is 0 Å². The second kappa shape index (κ2) is 8.82. The van der Waals surface area contributed by atoms with Gasteiger partial charge < -0.3 is 9.84 Å². The number of carbonyl (C=O) groups excluding carboxylic acids is 1. The van der Waals surface area contributed by atoms with Gasteiger partial charge in [-0.2, -0.15) is 4.98 Å². The summed E-state index contributed by atoms with van der Waals surface area (Å²) in [6.45, 7) is 4.12. The van der Waals surface area contributed by atoms with Gasteiger partial charge in [-0.25, -0.2) is 0 Å². The summed E-state index contributed by atoms with van der Waals surface area (Å²) in [7, 11) is 0. The number of amides is 1. The molecule has 0 aliphatic heterocycles. The molecule has 6 heteroatoms. The van der Waals surface area contributed by atoms with Crippen LogP contribution in [0.2, 0.25) is 0 Å². The monoisotopic (exact) mass is 379 g/mol. The standard InChI is InChI=1S/C17H22BrN3O2/c1-3-5-15-20-17(23-21-15)11-10-16(22)19-14(4-2)12-6-8-13(18)9-7-12/h6-9,14H,3-5,10-11H2,1-2H3,(H,19,22). The predicted octanol–water partition coefficient (Wildman–Crippen LogP) is 3.98. The van der Waals surface area contributed by atoms with Crippen LogP contribution in [-0.4, -0.2) is 16.0 Å². The Labute approximate surface area is 145 Å². The van der Waals surface area contributed by atoms with Gasteiger partial charge in [-0.3, -0.25) is 4.79 Å². The highest BCUT2D eigenvalue weighted by Gasteiger charge is 2.14. The van der Waals surface area contributed by atoms with E-state index in [1.165, 1.54) is 0 Å². The highest BCUT2D eigenvalue weighted by Crippen LogP contribution is 2.19. The molecule has 0 fully saturated rings. The minimum Gasteiger partial charge on any atom is -0.349 e. The van der Waals surface area contributed by atoms with E-state index in [-0.39, 0.29) is 11.9 Å². The zero-order valence-corrected chi connectivity index (χ0v) is 15.1. The van der Waals surface area contributed by atoms with Crippen molar-refractivity contribution in [3.63, 3.8) is 0 Å². The van der Waals surface area contributed by atoms with Gasteiger partial charge in [0.1, 0.15) is 0 Å². The number of nitrogens with zero attached hydrogens (tertiary/aromatic N) is 2. The molecular weight excluding hydrogens is 358 g/mol. The first-order chi connectivity index (χ1) is 11.1. The third-order valence-electron chi connectivity index (χ3n) is 3.57. The van der Waals surface area contributed by atoms with Crippen molar-refractivity contribution in [2.45, 2.75) is 52.0 Å². The summed E-state index contributed by atoms with van der Waals surface area (Å²) in [6, 6.07) is 8.03. The predicted molar refractivity (Wildman–Crippen MR) is 91.9 cm³/mol. The van der Waals surface area contributed by atoms with Gasteiger partial charge in [-0.15, -0.1) is 0 Å². The molecule has 2 rings (SSSR count). The van der Waals surface area contributed by atoms with Crippen LogP contribution in [0.4, 0.5) is 0 Å². The van der Waals surface area contributed by atoms with E-state index < -0.39 is 0 Å². The fourth-order valence-electron chi connectivity index (χ4n) is 2.32. The summed E-state index contributed by atoms with van der Waals surface area (Å²) in [5.41, 5.74) is 1.10. The zero-order chi connectivity index (χ0) is 16.7. The fourth-order valence-corrected chi connectivity index (χ4v) is 2.58. The summed E-state index contributed by atoms with van der Waals surface area (Å²) >= 11 is 3.42. The smallest absolute Gasteiger partial charge is 0.227 e. The van der Waals surface area contributed by atoms with Crippen LogP contribution in [0.15, 0.2) is 33.3 Å². The Kier molecular flexibility index (Phi) is 6.77. The van der Waals surface area contributed by atoms with E-state index in [0.717, 1.165) is 29.3 Å². The van der Waals surface area contributed by atoms with Gasteiger partial charge in [-0.1, -0.05) is 47.1 Å². The minimum atomic E-state index is -0.00462. The van der Waals surface area contributed by atoms with Crippen molar-refractivity contribution in [1.29, 1.82) is 0 Å². The maximum Gasteiger partial charge on any atom is 0.227 e.